The van der Waals surface area contributed by atoms with Crippen LogP contribution in [0.4, 0.5) is 10.1 Å². The third-order valence-corrected chi connectivity index (χ3v) is 3.01. The van der Waals surface area contributed by atoms with E-state index in [1.807, 2.05) is 6.92 Å². The van der Waals surface area contributed by atoms with Gasteiger partial charge in [-0.15, -0.1) is 0 Å². The molecule has 0 unspecified atom stereocenters. The molecule has 2 nitrogen and oxygen atoms in total. The van der Waals surface area contributed by atoms with Crippen molar-refractivity contribution in [1.29, 1.82) is 0 Å². The first-order valence-corrected chi connectivity index (χ1v) is 5.14. The number of hydrogen-bond donors (Lipinski definition) is 1. The fourth-order valence-electron chi connectivity index (χ4n) is 1.31. The Balaban J connectivity index is 2.61. The van der Waals surface area contributed by atoms with E-state index in [1.54, 1.807) is 6.07 Å². The summed E-state index contributed by atoms with van der Waals surface area (Å²) < 4.78 is 19.0. The first kappa shape index (κ1) is 9.27. The lowest BCUT2D eigenvalue weighted by atomic mass is 10.2. The second-order valence-electron chi connectivity index (χ2n) is 2.88. The van der Waals surface area contributed by atoms with Crippen molar-refractivity contribution in [3.63, 3.8) is 0 Å². The van der Waals surface area contributed by atoms with Crippen molar-refractivity contribution in [3.8, 4) is 5.06 Å². The second-order valence-corrected chi connectivity index (χ2v) is 3.89. The van der Waals surface area contributed by atoms with Crippen LogP contribution in [0.1, 0.15) is 6.92 Å². The minimum absolute atomic E-state index is 0.248. The number of thiophene rings is 1. The number of fused-ring (bicyclic) bond motifs is 1. The van der Waals surface area contributed by atoms with Gasteiger partial charge < -0.3 is 10.5 Å². The van der Waals surface area contributed by atoms with Crippen molar-refractivity contribution >= 4 is 27.1 Å². The molecule has 4 heteroatoms. The van der Waals surface area contributed by atoms with Gasteiger partial charge in [0.1, 0.15) is 5.82 Å². The van der Waals surface area contributed by atoms with Crippen LogP contribution in [0.25, 0.3) is 10.1 Å². The maximum absolute atomic E-state index is 12.9. The van der Waals surface area contributed by atoms with Crippen molar-refractivity contribution in [3.05, 3.63) is 24.0 Å². The molecule has 2 N–H and O–H groups in total. The molecule has 0 aliphatic carbocycles. The predicted octanol–water partition coefficient (Wildman–Crippen LogP) is 3.02. The van der Waals surface area contributed by atoms with E-state index in [0.29, 0.717) is 17.4 Å². The molecule has 0 aliphatic heterocycles. The topological polar surface area (TPSA) is 35.2 Å². The van der Waals surface area contributed by atoms with Gasteiger partial charge in [0.2, 0.25) is 0 Å². The standard InChI is InChI=1S/C10H10FNOS/c1-2-13-10-9(12)7-4-3-6(11)5-8(7)14-10/h3-5H,2,12H2,1H3. The summed E-state index contributed by atoms with van der Waals surface area (Å²) in [5, 5.41) is 1.54. The lowest BCUT2D eigenvalue weighted by molar-refractivity contribution is 0.352. The molecule has 0 saturated heterocycles. The summed E-state index contributed by atoms with van der Waals surface area (Å²) in [7, 11) is 0. The molecule has 74 valence electrons. The highest BCUT2D eigenvalue weighted by atomic mass is 32.1. The Bertz CT molecular complexity index is 466. The van der Waals surface area contributed by atoms with Crippen molar-refractivity contribution in [2.75, 3.05) is 12.3 Å². The molecule has 1 heterocycles. The second kappa shape index (κ2) is 3.46. The number of rotatable bonds is 2. The third kappa shape index (κ3) is 1.42. The van der Waals surface area contributed by atoms with Crippen molar-refractivity contribution < 1.29 is 9.13 Å². The smallest absolute Gasteiger partial charge is 0.198 e. The maximum atomic E-state index is 12.9. The summed E-state index contributed by atoms with van der Waals surface area (Å²) in [6, 6.07) is 4.55. The number of nitrogens with two attached hydrogens (primary N) is 1. The van der Waals surface area contributed by atoms with E-state index in [-0.39, 0.29) is 5.82 Å². The van der Waals surface area contributed by atoms with Crippen LogP contribution >= 0.6 is 11.3 Å². The molecule has 2 aromatic rings. The number of halogens is 1. The van der Waals surface area contributed by atoms with Gasteiger partial charge in [-0.3, -0.25) is 0 Å². The summed E-state index contributed by atoms with van der Waals surface area (Å²) in [6.45, 7) is 2.46. The molecule has 1 aromatic heterocycles. The largest absolute Gasteiger partial charge is 0.483 e. The summed E-state index contributed by atoms with van der Waals surface area (Å²) in [6.07, 6.45) is 0. The monoisotopic (exact) mass is 211 g/mol. The van der Waals surface area contributed by atoms with E-state index in [9.17, 15) is 4.39 Å². The fraction of sp³-hybridized carbons (Fsp3) is 0.200. The van der Waals surface area contributed by atoms with Gasteiger partial charge in [0.15, 0.2) is 5.06 Å². The summed E-state index contributed by atoms with van der Waals surface area (Å²) in [5.74, 6) is -0.248. The molecule has 0 atom stereocenters. The SMILES string of the molecule is CCOc1sc2cc(F)ccc2c1N. The van der Waals surface area contributed by atoms with Crippen LogP contribution in [-0.2, 0) is 0 Å². The lowest BCUT2D eigenvalue weighted by Gasteiger charge is -1.98. The van der Waals surface area contributed by atoms with Gasteiger partial charge >= 0.3 is 0 Å². The van der Waals surface area contributed by atoms with E-state index >= 15 is 0 Å². The van der Waals surface area contributed by atoms with Gasteiger partial charge in [-0.25, -0.2) is 4.39 Å². The Hall–Kier alpha value is -1.29. The van der Waals surface area contributed by atoms with E-state index in [4.69, 9.17) is 10.5 Å². The van der Waals surface area contributed by atoms with Crippen LogP contribution in [0.2, 0.25) is 0 Å². The van der Waals surface area contributed by atoms with Gasteiger partial charge in [-0.05, 0) is 25.1 Å². The summed E-state index contributed by atoms with van der Waals surface area (Å²) in [5.41, 5.74) is 6.44. The van der Waals surface area contributed by atoms with Crippen molar-refractivity contribution in [2.24, 2.45) is 0 Å². The molecular weight excluding hydrogens is 201 g/mol. The molecule has 0 radical (unpaired) electrons. The number of benzene rings is 1. The fourth-order valence-corrected chi connectivity index (χ4v) is 2.36. The maximum Gasteiger partial charge on any atom is 0.198 e. The van der Waals surface area contributed by atoms with Gasteiger partial charge in [0.05, 0.1) is 12.3 Å². The molecule has 0 spiro atoms. The Labute approximate surface area is 85.1 Å². The van der Waals surface area contributed by atoms with Gasteiger partial charge in [0.25, 0.3) is 0 Å². The van der Waals surface area contributed by atoms with E-state index < -0.39 is 0 Å². The zero-order chi connectivity index (χ0) is 10.1. The number of anilines is 1. The zero-order valence-electron chi connectivity index (χ0n) is 7.71. The summed E-state index contributed by atoms with van der Waals surface area (Å²) in [4.78, 5) is 0. The highest BCUT2D eigenvalue weighted by Crippen LogP contribution is 2.40. The molecule has 0 aliphatic rings. The highest BCUT2D eigenvalue weighted by molar-refractivity contribution is 7.21. The van der Waals surface area contributed by atoms with Crippen LogP contribution in [0, 0.1) is 5.82 Å². The summed E-state index contributed by atoms with van der Waals surface area (Å²) >= 11 is 1.38. The van der Waals surface area contributed by atoms with E-state index in [2.05, 4.69) is 0 Å². The number of ether oxygens (including phenoxy) is 1. The molecule has 0 fully saturated rings. The van der Waals surface area contributed by atoms with Crippen LogP contribution in [0.3, 0.4) is 0 Å². The molecule has 0 amide bonds. The van der Waals surface area contributed by atoms with E-state index in [1.165, 1.54) is 23.5 Å². The third-order valence-electron chi connectivity index (χ3n) is 1.93. The quantitative estimate of drug-likeness (QED) is 0.828. The normalized spacial score (nSPS) is 10.7. The minimum atomic E-state index is -0.248. The van der Waals surface area contributed by atoms with Gasteiger partial charge in [0, 0.05) is 10.1 Å². The van der Waals surface area contributed by atoms with Crippen LogP contribution < -0.4 is 10.5 Å². The Morgan fingerprint density at radius 2 is 2.29 bits per heavy atom. The lowest BCUT2D eigenvalue weighted by Crippen LogP contribution is -1.92. The molecule has 14 heavy (non-hydrogen) atoms. The Morgan fingerprint density at radius 1 is 1.50 bits per heavy atom. The van der Waals surface area contributed by atoms with Gasteiger partial charge in [-0.1, -0.05) is 11.3 Å². The van der Waals surface area contributed by atoms with Crippen molar-refractivity contribution in [1.82, 2.24) is 0 Å². The van der Waals surface area contributed by atoms with Crippen molar-refractivity contribution in [2.45, 2.75) is 6.92 Å². The highest BCUT2D eigenvalue weighted by Gasteiger charge is 2.10. The molecule has 0 bridgehead atoms. The Morgan fingerprint density at radius 3 is 3.00 bits per heavy atom. The van der Waals surface area contributed by atoms with Crippen LogP contribution in [-0.4, -0.2) is 6.61 Å². The molecule has 2 rings (SSSR count). The molecule has 0 saturated carbocycles. The van der Waals surface area contributed by atoms with Crippen LogP contribution in [0.15, 0.2) is 18.2 Å². The molecular formula is C10H10FNOS. The first-order valence-electron chi connectivity index (χ1n) is 4.32. The minimum Gasteiger partial charge on any atom is -0.483 e. The number of nitrogen functional groups attached to an aromatic ring is 1. The zero-order valence-corrected chi connectivity index (χ0v) is 8.53. The first-order chi connectivity index (χ1) is 6.72. The number of hydrogen-bond acceptors (Lipinski definition) is 3. The average Bonchev–Trinajstić information content (AvgIpc) is 2.44. The van der Waals surface area contributed by atoms with E-state index in [0.717, 1.165) is 10.1 Å². The van der Waals surface area contributed by atoms with Crippen LogP contribution in [0.5, 0.6) is 5.06 Å². The predicted molar refractivity (Wildman–Crippen MR) is 57.4 cm³/mol. The Kier molecular flexibility index (Phi) is 2.29. The average molecular weight is 211 g/mol. The van der Waals surface area contributed by atoms with Gasteiger partial charge in [-0.2, -0.15) is 0 Å². The molecule has 1 aromatic carbocycles.